The zero-order valence-electron chi connectivity index (χ0n) is 22.1. The molecule has 6 rings (SSSR count). The maximum absolute atomic E-state index is 4.57. The molecule has 0 aliphatic carbocycles. The predicted molar refractivity (Wildman–Crippen MR) is 160 cm³/mol. The Hall–Kier alpha value is -4.17. The van der Waals surface area contributed by atoms with Gasteiger partial charge in [0.25, 0.3) is 0 Å². The van der Waals surface area contributed by atoms with E-state index in [0.29, 0.717) is 0 Å². The second-order valence-corrected chi connectivity index (χ2v) is 9.34. The van der Waals surface area contributed by atoms with E-state index in [1.807, 2.05) is 48.8 Å². The third-order valence-corrected chi connectivity index (χ3v) is 6.37. The van der Waals surface area contributed by atoms with Gasteiger partial charge in [-0.2, -0.15) is 0 Å². The molecule has 0 fully saturated rings. The Morgan fingerprint density at radius 2 is 0.744 bits per heavy atom. The zero-order valence-corrected chi connectivity index (χ0v) is 24.5. The van der Waals surface area contributed by atoms with Crippen molar-refractivity contribution in [1.82, 2.24) is 9.97 Å². The van der Waals surface area contributed by atoms with Gasteiger partial charge in [0.05, 0.1) is 11.4 Å². The monoisotopic (exact) mass is 683 g/mol. The van der Waals surface area contributed by atoms with Crippen molar-refractivity contribution in [3.8, 4) is 44.8 Å². The minimum Gasteiger partial charge on any atom is -0.256 e. The van der Waals surface area contributed by atoms with Gasteiger partial charge in [-0.1, -0.05) is 120 Å². The second-order valence-electron chi connectivity index (χ2n) is 9.34. The van der Waals surface area contributed by atoms with E-state index in [1.54, 1.807) is 0 Å². The Balaban J connectivity index is 0.000000176. The van der Waals surface area contributed by atoms with Gasteiger partial charge in [-0.05, 0) is 49.2 Å². The van der Waals surface area contributed by atoms with Crippen LogP contribution in [0.25, 0.3) is 44.8 Å². The first kappa shape index (κ1) is 27.9. The molecule has 0 atom stereocenters. The van der Waals surface area contributed by atoms with Crippen LogP contribution in [0.3, 0.4) is 0 Å². The zero-order chi connectivity index (χ0) is 26.2. The molecule has 2 aromatic heterocycles. The van der Waals surface area contributed by atoms with Gasteiger partial charge in [0, 0.05) is 54.8 Å². The van der Waals surface area contributed by atoms with Crippen molar-refractivity contribution in [3.05, 3.63) is 157 Å². The number of aryl methyl sites for hydroxylation is 2. The number of nitrogens with zero attached hydrogens (tertiary/aromatic N) is 2. The summed E-state index contributed by atoms with van der Waals surface area (Å²) in [5, 5.41) is 0. The van der Waals surface area contributed by atoms with Crippen LogP contribution in [0.4, 0.5) is 0 Å². The largest absolute Gasteiger partial charge is 0.256 e. The molecular formula is C36H30IrN2. The van der Waals surface area contributed by atoms with E-state index < -0.39 is 0 Å². The molecule has 0 N–H and O–H groups in total. The number of hydrogen-bond acceptors (Lipinski definition) is 2. The Morgan fingerprint density at radius 1 is 0.359 bits per heavy atom. The molecule has 2 nitrogen and oxygen atoms in total. The minimum atomic E-state index is 0. The SMILES string of the molecule is Cc1cccc(-c2ccc(-c3ccccc3)cn2)c1.Cc1cccc(-c2ccc(-c3ccccc3)cn2)c1.[Ir]. The van der Waals surface area contributed by atoms with E-state index in [4.69, 9.17) is 0 Å². The smallest absolute Gasteiger partial charge is 0.0702 e. The number of rotatable bonds is 4. The van der Waals surface area contributed by atoms with Gasteiger partial charge < -0.3 is 0 Å². The first-order chi connectivity index (χ1) is 18.7. The summed E-state index contributed by atoms with van der Waals surface area (Å²) in [4.78, 5) is 9.13. The minimum absolute atomic E-state index is 0. The van der Waals surface area contributed by atoms with Crippen LogP contribution >= 0.6 is 0 Å². The molecule has 2 heterocycles. The summed E-state index contributed by atoms with van der Waals surface area (Å²) >= 11 is 0. The maximum atomic E-state index is 4.57. The van der Waals surface area contributed by atoms with E-state index in [1.165, 1.54) is 33.4 Å². The maximum Gasteiger partial charge on any atom is 0.0702 e. The van der Waals surface area contributed by atoms with E-state index in [0.717, 1.165) is 22.5 Å². The van der Waals surface area contributed by atoms with Gasteiger partial charge in [-0.25, -0.2) is 0 Å². The van der Waals surface area contributed by atoms with Gasteiger partial charge in [0.15, 0.2) is 0 Å². The molecule has 0 bridgehead atoms. The van der Waals surface area contributed by atoms with Gasteiger partial charge >= 0.3 is 0 Å². The number of aromatic nitrogens is 2. The molecule has 4 aromatic carbocycles. The summed E-state index contributed by atoms with van der Waals surface area (Å²) in [7, 11) is 0. The summed E-state index contributed by atoms with van der Waals surface area (Å²) in [5.74, 6) is 0. The van der Waals surface area contributed by atoms with Crippen LogP contribution in [0.2, 0.25) is 0 Å². The molecule has 0 saturated carbocycles. The van der Waals surface area contributed by atoms with Crippen LogP contribution in [0, 0.1) is 13.8 Å². The first-order valence-corrected chi connectivity index (χ1v) is 12.8. The molecule has 0 aliphatic rings. The van der Waals surface area contributed by atoms with E-state index in [-0.39, 0.29) is 20.1 Å². The molecule has 39 heavy (non-hydrogen) atoms. The fourth-order valence-corrected chi connectivity index (χ4v) is 4.34. The molecule has 193 valence electrons. The summed E-state index contributed by atoms with van der Waals surface area (Å²) in [6.07, 6.45) is 3.88. The van der Waals surface area contributed by atoms with Gasteiger partial charge in [-0.15, -0.1) is 0 Å². The second kappa shape index (κ2) is 13.6. The average Bonchev–Trinajstić information content (AvgIpc) is 2.99. The topological polar surface area (TPSA) is 25.8 Å². The molecule has 1 radical (unpaired) electrons. The fourth-order valence-electron chi connectivity index (χ4n) is 4.34. The molecule has 0 unspecified atom stereocenters. The van der Waals surface area contributed by atoms with E-state index in [9.17, 15) is 0 Å². The molecule has 6 aromatic rings. The normalized spacial score (nSPS) is 10.1. The molecule has 3 heteroatoms. The summed E-state index contributed by atoms with van der Waals surface area (Å²) < 4.78 is 0. The van der Waals surface area contributed by atoms with Crippen molar-refractivity contribution >= 4 is 0 Å². The van der Waals surface area contributed by atoms with Crippen molar-refractivity contribution in [3.63, 3.8) is 0 Å². The van der Waals surface area contributed by atoms with Gasteiger partial charge in [0.2, 0.25) is 0 Å². The van der Waals surface area contributed by atoms with Crippen molar-refractivity contribution in [2.24, 2.45) is 0 Å². The number of pyridine rings is 2. The molecule has 0 amide bonds. The fraction of sp³-hybridized carbons (Fsp3) is 0.0556. The third-order valence-electron chi connectivity index (χ3n) is 6.37. The Morgan fingerprint density at radius 3 is 1.08 bits per heavy atom. The summed E-state index contributed by atoms with van der Waals surface area (Å²) in [6, 6.07) is 45.9. The van der Waals surface area contributed by atoms with Crippen LogP contribution < -0.4 is 0 Å². The number of hydrogen-bond donors (Lipinski definition) is 0. The first-order valence-electron chi connectivity index (χ1n) is 12.8. The van der Waals surface area contributed by atoms with Crippen molar-refractivity contribution in [2.75, 3.05) is 0 Å². The van der Waals surface area contributed by atoms with Gasteiger partial charge in [0.1, 0.15) is 0 Å². The van der Waals surface area contributed by atoms with Crippen molar-refractivity contribution in [1.29, 1.82) is 0 Å². The van der Waals surface area contributed by atoms with Crippen LogP contribution in [0.5, 0.6) is 0 Å². The van der Waals surface area contributed by atoms with Crippen LogP contribution in [0.1, 0.15) is 11.1 Å². The van der Waals surface area contributed by atoms with Crippen molar-refractivity contribution < 1.29 is 20.1 Å². The Bertz CT molecular complexity index is 1470. The van der Waals surface area contributed by atoms with E-state index in [2.05, 4.69) is 121 Å². The Labute approximate surface area is 244 Å². The predicted octanol–water partition coefficient (Wildman–Crippen LogP) is 9.45. The average molecular weight is 683 g/mol. The van der Waals surface area contributed by atoms with Crippen molar-refractivity contribution in [2.45, 2.75) is 13.8 Å². The standard InChI is InChI=1S/2C18H15N.Ir/c2*1-14-6-5-9-16(12-14)18-11-10-17(13-19-18)15-7-3-2-4-8-15;/h2*2-13H,1H3;. The summed E-state index contributed by atoms with van der Waals surface area (Å²) in [5.41, 5.74) is 11.6. The molecule has 0 aliphatic heterocycles. The van der Waals surface area contributed by atoms with Crippen LogP contribution in [-0.2, 0) is 20.1 Å². The number of benzene rings is 4. The molecule has 0 saturated heterocycles. The van der Waals surface area contributed by atoms with Crippen LogP contribution in [0.15, 0.2) is 146 Å². The Kier molecular flexibility index (Phi) is 9.69. The summed E-state index contributed by atoms with van der Waals surface area (Å²) in [6.45, 7) is 4.20. The quantitative estimate of drug-likeness (QED) is 0.185. The van der Waals surface area contributed by atoms with Gasteiger partial charge in [-0.3, -0.25) is 9.97 Å². The molecular weight excluding hydrogens is 653 g/mol. The third kappa shape index (κ3) is 7.45. The van der Waals surface area contributed by atoms with E-state index >= 15 is 0 Å². The van der Waals surface area contributed by atoms with Crippen LogP contribution in [-0.4, -0.2) is 9.97 Å². The molecule has 0 spiro atoms.